The number of aryl methyl sites for hydroxylation is 2. The van der Waals surface area contributed by atoms with Gasteiger partial charge in [-0.2, -0.15) is 0 Å². The number of nitrogens with zero attached hydrogens (tertiary/aromatic N) is 3. The summed E-state index contributed by atoms with van der Waals surface area (Å²) in [5, 5.41) is 33.8. The minimum atomic E-state index is -2.74. The highest BCUT2D eigenvalue weighted by Crippen LogP contribution is 2.16. The van der Waals surface area contributed by atoms with Crippen molar-refractivity contribution in [3.8, 4) is 0 Å². The lowest BCUT2D eigenvalue weighted by Crippen LogP contribution is -2.42. The number of aliphatic hydroxyl groups is 1. The molecule has 0 aliphatic rings. The number of carboxylic acids is 3. The summed E-state index contributed by atoms with van der Waals surface area (Å²) in [6, 6.07) is 10.3. The Morgan fingerprint density at radius 2 is 1.57 bits per heavy atom. The summed E-state index contributed by atoms with van der Waals surface area (Å²) in [7, 11) is 4.23. The lowest BCUT2D eigenvalue weighted by molar-refractivity contribution is -0.170. The van der Waals surface area contributed by atoms with E-state index in [0.717, 1.165) is 55.5 Å². The first kappa shape index (κ1) is 29.8. The van der Waals surface area contributed by atoms with Gasteiger partial charge >= 0.3 is 17.9 Å². The Bertz CT molecular complexity index is 957. The summed E-state index contributed by atoms with van der Waals surface area (Å²) in [6.07, 6.45) is -1.15. The van der Waals surface area contributed by atoms with Crippen LogP contribution in [0.25, 0.3) is 0 Å². The van der Waals surface area contributed by atoms with Crippen LogP contribution in [0.4, 0.5) is 0 Å². The highest BCUT2D eigenvalue weighted by molar-refractivity contribution is 5.88. The Hall–Kier alpha value is -3.28. The second-order valence-corrected chi connectivity index (χ2v) is 8.63. The Morgan fingerprint density at radius 1 is 0.943 bits per heavy atom. The van der Waals surface area contributed by atoms with Crippen molar-refractivity contribution in [3.63, 3.8) is 0 Å². The molecule has 2 aromatic heterocycles. The summed E-state index contributed by atoms with van der Waals surface area (Å²) in [5.41, 5.74) is -0.551. The molecule has 0 aliphatic carbocycles. The van der Waals surface area contributed by atoms with Gasteiger partial charge in [0.05, 0.1) is 25.1 Å². The van der Waals surface area contributed by atoms with Crippen LogP contribution in [0.5, 0.6) is 0 Å². The van der Waals surface area contributed by atoms with Gasteiger partial charge in [-0.25, -0.2) is 4.79 Å². The maximum Gasteiger partial charge on any atom is 0.336 e. The number of hydrogen-bond acceptors (Lipinski definition) is 8. The van der Waals surface area contributed by atoms with Crippen LogP contribution in [-0.4, -0.2) is 85.9 Å². The smallest absolute Gasteiger partial charge is 0.336 e. The predicted octanol–water partition coefficient (Wildman–Crippen LogP) is 2.00. The molecule has 2 rings (SSSR count). The molecule has 0 fully saturated rings. The monoisotopic (exact) mass is 493 g/mol. The zero-order valence-corrected chi connectivity index (χ0v) is 20.6. The standard InChI is InChI=1S/C18H27N3O.C6H8O7/c1-15-7-5-8-17(19-15)13-21(12-6-11-20(3)4)14-18-10-9-16(2)22-18;7-3(8)1-6(13,5(11)12)2-4(9)10/h5,7-10H,6,11-14H2,1-4H3;13H,1-2H2,(H,7,8)(H,9,10)(H,11,12). The van der Waals surface area contributed by atoms with Gasteiger partial charge in [-0.05, 0) is 65.2 Å². The molecule has 4 N–H and O–H groups in total. The maximum absolute atomic E-state index is 10.3. The first-order valence-electron chi connectivity index (χ1n) is 11.0. The molecule has 2 aromatic rings. The Balaban J connectivity index is 0.000000405. The van der Waals surface area contributed by atoms with Crippen LogP contribution in [0.3, 0.4) is 0 Å². The molecular weight excluding hydrogens is 458 g/mol. The molecular formula is C24H35N3O8. The topological polar surface area (TPSA) is 165 Å². The largest absolute Gasteiger partial charge is 0.481 e. The number of carbonyl (C=O) groups is 3. The van der Waals surface area contributed by atoms with Crippen LogP contribution in [0.1, 0.15) is 42.2 Å². The van der Waals surface area contributed by atoms with Crippen LogP contribution in [0.15, 0.2) is 34.7 Å². The second kappa shape index (κ2) is 14.2. The van der Waals surface area contributed by atoms with Gasteiger partial charge in [0, 0.05) is 18.8 Å². The van der Waals surface area contributed by atoms with E-state index in [4.69, 9.17) is 24.8 Å². The fourth-order valence-electron chi connectivity index (χ4n) is 3.25. The quantitative estimate of drug-likeness (QED) is 0.322. The molecule has 11 heteroatoms. The average molecular weight is 494 g/mol. The lowest BCUT2D eigenvalue weighted by Gasteiger charge is -2.22. The Kier molecular flexibility index (Phi) is 12.1. The van der Waals surface area contributed by atoms with Crippen molar-refractivity contribution in [1.29, 1.82) is 0 Å². The molecule has 0 radical (unpaired) electrons. The molecule has 0 spiro atoms. The van der Waals surface area contributed by atoms with Crippen LogP contribution in [0.2, 0.25) is 0 Å². The normalized spacial score (nSPS) is 11.3. The third-order valence-electron chi connectivity index (χ3n) is 4.87. The highest BCUT2D eigenvalue weighted by atomic mass is 16.4. The summed E-state index contributed by atoms with van der Waals surface area (Å²) in [4.78, 5) is 39.7. The van der Waals surface area contributed by atoms with E-state index in [-0.39, 0.29) is 0 Å². The summed E-state index contributed by atoms with van der Waals surface area (Å²) in [6.45, 7) is 7.84. The van der Waals surface area contributed by atoms with E-state index in [0.29, 0.717) is 0 Å². The van der Waals surface area contributed by atoms with E-state index in [2.05, 4.69) is 47.1 Å². The molecule has 0 atom stereocenters. The number of carboxylic acid groups (broad SMARTS) is 3. The van der Waals surface area contributed by atoms with Gasteiger partial charge in [0.25, 0.3) is 0 Å². The average Bonchev–Trinajstić information content (AvgIpc) is 3.11. The molecule has 0 amide bonds. The second-order valence-electron chi connectivity index (χ2n) is 8.63. The zero-order valence-electron chi connectivity index (χ0n) is 20.6. The summed E-state index contributed by atoms with van der Waals surface area (Å²) in [5.74, 6) is -3.03. The van der Waals surface area contributed by atoms with Crippen LogP contribution in [-0.2, 0) is 27.5 Å². The van der Waals surface area contributed by atoms with Crippen molar-refractivity contribution in [1.82, 2.24) is 14.8 Å². The first-order chi connectivity index (χ1) is 16.3. The minimum Gasteiger partial charge on any atom is -0.481 e. The minimum absolute atomic E-state index is 0.830. The molecule has 0 unspecified atom stereocenters. The molecule has 0 saturated heterocycles. The third-order valence-corrected chi connectivity index (χ3v) is 4.87. The van der Waals surface area contributed by atoms with Crippen LogP contribution < -0.4 is 0 Å². The molecule has 11 nitrogen and oxygen atoms in total. The number of aromatic nitrogens is 1. The van der Waals surface area contributed by atoms with Gasteiger partial charge in [-0.1, -0.05) is 6.07 Å². The van der Waals surface area contributed by atoms with E-state index >= 15 is 0 Å². The molecule has 0 aliphatic heterocycles. The zero-order chi connectivity index (χ0) is 26.6. The number of pyridine rings is 1. The van der Waals surface area contributed by atoms with Gasteiger partial charge in [-0.15, -0.1) is 0 Å². The van der Waals surface area contributed by atoms with E-state index in [1.54, 1.807) is 0 Å². The molecule has 2 heterocycles. The molecule has 0 aromatic carbocycles. The van der Waals surface area contributed by atoms with E-state index < -0.39 is 36.4 Å². The van der Waals surface area contributed by atoms with Crippen LogP contribution in [0, 0.1) is 13.8 Å². The molecule has 35 heavy (non-hydrogen) atoms. The predicted molar refractivity (Wildman–Crippen MR) is 127 cm³/mol. The molecule has 194 valence electrons. The van der Waals surface area contributed by atoms with E-state index in [1.807, 2.05) is 26.0 Å². The number of aliphatic carboxylic acids is 3. The summed E-state index contributed by atoms with van der Waals surface area (Å²) >= 11 is 0. The highest BCUT2D eigenvalue weighted by Gasteiger charge is 2.40. The van der Waals surface area contributed by atoms with E-state index in [1.165, 1.54) is 0 Å². The number of rotatable bonds is 13. The van der Waals surface area contributed by atoms with Crippen molar-refractivity contribution in [2.24, 2.45) is 0 Å². The fourth-order valence-corrected chi connectivity index (χ4v) is 3.25. The fraction of sp³-hybridized carbons (Fsp3) is 0.500. The van der Waals surface area contributed by atoms with Crippen LogP contribution >= 0.6 is 0 Å². The van der Waals surface area contributed by atoms with Gasteiger partial charge in [0.1, 0.15) is 11.5 Å². The van der Waals surface area contributed by atoms with Gasteiger partial charge in [-0.3, -0.25) is 19.5 Å². The van der Waals surface area contributed by atoms with Crippen molar-refractivity contribution < 1.29 is 39.2 Å². The lowest BCUT2D eigenvalue weighted by atomic mass is 9.96. The molecule has 0 saturated carbocycles. The van der Waals surface area contributed by atoms with Crippen molar-refractivity contribution in [2.45, 2.75) is 51.8 Å². The maximum atomic E-state index is 10.3. The van der Waals surface area contributed by atoms with Gasteiger partial charge < -0.3 is 29.7 Å². The van der Waals surface area contributed by atoms with E-state index in [9.17, 15) is 14.4 Å². The number of hydrogen-bond donors (Lipinski definition) is 4. The molecule has 0 bridgehead atoms. The number of furan rings is 1. The third kappa shape index (κ3) is 12.1. The Morgan fingerprint density at radius 3 is 2.03 bits per heavy atom. The van der Waals surface area contributed by atoms with Gasteiger partial charge in [0.15, 0.2) is 5.60 Å². The summed E-state index contributed by atoms with van der Waals surface area (Å²) < 4.78 is 5.73. The first-order valence-corrected chi connectivity index (χ1v) is 11.0. The van der Waals surface area contributed by atoms with Crippen molar-refractivity contribution >= 4 is 17.9 Å². The Labute approximate surface area is 204 Å². The van der Waals surface area contributed by atoms with Crippen molar-refractivity contribution in [2.75, 3.05) is 27.2 Å². The van der Waals surface area contributed by atoms with Crippen molar-refractivity contribution in [3.05, 3.63) is 53.2 Å². The SMILES string of the molecule is Cc1cccc(CN(CCCN(C)C)Cc2ccc(C)o2)n1.O=C(O)CC(O)(CC(=O)O)C(=O)O. The van der Waals surface area contributed by atoms with Gasteiger partial charge in [0.2, 0.25) is 0 Å².